The molecule has 0 radical (unpaired) electrons. The van der Waals surface area contributed by atoms with Crippen LogP contribution in [-0.2, 0) is 14.3 Å². The van der Waals surface area contributed by atoms with Gasteiger partial charge in [0.25, 0.3) is 11.5 Å². The van der Waals surface area contributed by atoms with Crippen LogP contribution in [0.5, 0.6) is 5.75 Å². The van der Waals surface area contributed by atoms with E-state index in [1.807, 2.05) is 55.5 Å². The average molecular weight is 560 g/mol. The van der Waals surface area contributed by atoms with E-state index in [9.17, 15) is 14.4 Å². The smallest absolute Gasteiger partial charge is 0.338 e. The van der Waals surface area contributed by atoms with E-state index in [1.165, 1.54) is 15.9 Å². The Balaban J connectivity index is 1.75. The number of para-hydroxylation sites is 1. The lowest BCUT2D eigenvalue weighted by Crippen LogP contribution is -2.41. The Hall–Kier alpha value is -3.98. The minimum absolute atomic E-state index is 0.187. The third kappa shape index (κ3) is 4.79. The number of nitrogens with zero attached hydrogens (tertiary/aromatic N) is 3. The molecular formula is C31H33N3O5S. The SMILES string of the molecule is CCCCN1C(=O)/C(=c2\sc3n(c2=O)[C@@H](c2ccc(OCC)cc2)C(C(=O)OC(C)C)=C(C)N=3)c2ccccc21. The lowest BCUT2D eigenvalue weighted by molar-refractivity contribution is -0.143. The fourth-order valence-electron chi connectivity index (χ4n) is 5.18. The highest BCUT2D eigenvalue weighted by atomic mass is 32.1. The van der Waals surface area contributed by atoms with Crippen LogP contribution in [0.4, 0.5) is 5.69 Å². The third-order valence-electron chi connectivity index (χ3n) is 6.95. The Bertz CT molecular complexity index is 1680. The van der Waals surface area contributed by atoms with Crippen LogP contribution in [0.3, 0.4) is 0 Å². The molecule has 2 aromatic carbocycles. The van der Waals surface area contributed by atoms with Gasteiger partial charge in [-0.2, -0.15) is 0 Å². The summed E-state index contributed by atoms with van der Waals surface area (Å²) in [4.78, 5) is 48.3. The third-order valence-corrected chi connectivity index (χ3v) is 8.01. The summed E-state index contributed by atoms with van der Waals surface area (Å²) < 4.78 is 13.0. The minimum Gasteiger partial charge on any atom is -0.494 e. The summed E-state index contributed by atoms with van der Waals surface area (Å²) in [6.07, 6.45) is 1.45. The number of carbonyl (C=O) groups is 2. The number of aromatic nitrogens is 1. The first-order chi connectivity index (χ1) is 19.3. The maximum Gasteiger partial charge on any atom is 0.338 e. The molecule has 1 amide bonds. The number of unbranched alkanes of at least 4 members (excludes halogenated alkanes) is 1. The number of hydrogen-bond donors (Lipinski definition) is 0. The van der Waals surface area contributed by atoms with Crippen molar-refractivity contribution in [3.05, 3.63) is 90.6 Å². The van der Waals surface area contributed by atoms with Crippen molar-refractivity contribution in [2.75, 3.05) is 18.1 Å². The van der Waals surface area contributed by atoms with Gasteiger partial charge in [-0.15, -0.1) is 0 Å². The van der Waals surface area contributed by atoms with Crippen LogP contribution in [0, 0.1) is 0 Å². The lowest BCUT2D eigenvalue weighted by atomic mass is 9.95. The minimum atomic E-state index is -0.768. The van der Waals surface area contributed by atoms with Crippen molar-refractivity contribution in [1.29, 1.82) is 0 Å². The van der Waals surface area contributed by atoms with Crippen molar-refractivity contribution in [1.82, 2.24) is 4.57 Å². The van der Waals surface area contributed by atoms with Gasteiger partial charge in [-0.3, -0.25) is 14.2 Å². The van der Waals surface area contributed by atoms with Gasteiger partial charge in [0.2, 0.25) is 0 Å². The zero-order chi connectivity index (χ0) is 28.6. The highest BCUT2D eigenvalue weighted by Gasteiger charge is 2.37. The molecule has 9 heteroatoms. The summed E-state index contributed by atoms with van der Waals surface area (Å²) in [6, 6.07) is 14.1. The molecule has 0 N–H and O–H groups in total. The maximum atomic E-state index is 14.2. The molecule has 3 heterocycles. The molecule has 1 atom stereocenters. The van der Waals surface area contributed by atoms with Crippen LogP contribution in [0.25, 0.3) is 5.57 Å². The van der Waals surface area contributed by atoms with Crippen molar-refractivity contribution in [2.45, 2.75) is 59.6 Å². The molecule has 0 spiro atoms. The van der Waals surface area contributed by atoms with E-state index >= 15 is 0 Å². The average Bonchev–Trinajstić information content (AvgIpc) is 3.39. The van der Waals surface area contributed by atoms with E-state index in [4.69, 9.17) is 9.47 Å². The van der Waals surface area contributed by atoms with Crippen molar-refractivity contribution in [3.8, 4) is 5.75 Å². The van der Waals surface area contributed by atoms with E-state index in [-0.39, 0.29) is 17.6 Å². The van der Waals surface area contributed by atoms with Crippen LogP contribution >= 0.6 is 11.3 Å². The lowest BCUT2D eigenvalue weighted by Gasteiger charge is -2.25. The highest BCUT2D eigenvalue weighted by Crippen LogP contribution is 2.36. The maximum absolute atomic E-state index is 14.2. The second-order valence-corrected chi connectivity index (χ2v) is 11.0. The normalized spacial score (nSPS) is 17.6. The molecule has 0 saturated carbocycles. The first-order valence-electron chi connectivity index (χ1n) is 13.7. The number of anilines is 1. The van der Waals surface area contributed by atoms with Gasteiger partial charge in [0.05, 0.1) is 41.3 Å². The Labute approximate surface area is 236 Å². The number of allylic oxidation sites excluding steroid dienone is 1. The summed E-state index contributed by atoms with van der Waals surface area (Å²) in [5, 5.41) is 0. The van der Waals surface area contributed by atoms with Crippen LogP contribution in [0.1, 0.15) is 64.6 Å². The molecule has 5 rings (SSSR count). The van der Waals surface area contributed by atoms with Gasteiger partial charge >= 0.3 is 5.97 Å². The second-order valence-electron chi connectivity index (χ2n) is 10.1. The number of amides is 1. The van der Waals surface area contributed by atoms with E-state index < -0.39 is 12.0 Å². The number of esters is 1. The Kier molecular flexibility index (Phi) is 7.76. The number of thiazole rings is 1. The molecule has 0 saturated heterocycles. The molecule has 0 aliphatic carbocycles. The monoisotopic (exact) mass is 559 g/mol. The zero-order valence-corrected chi connectivity index (χ0v) is 24.2. The molecule has 1 aromatic heterocycles. The van der Waals surface area contributed by atoms with Crippen LogP contribution in [0.2, 0.25) is 0 Å². The number of fused-ring (bicyclic) bond motifs is 2. The van der Waals surface area contributed by atoms with Gasteiger partial charge < -0.3 is 14.4 Å². The van der Waals surface area contributed by atoms with Crippen LogP contribution in [0.15, 0.2) is 69.6 Å². The first-order valence-corrected chi connectivity index (χ1v) is 14.5. The summed E-state index contributed by atoms with van der Waals surface area (Å²) in [5.41, 5.74) is 3.06. The second kappa shape index (κ2) is 11.3. The molecule has 3 aromatic rings. The van der Waals surface area contributed by atoms with Crippen molar-refractivity contribution in [3.63, 3.8) is 0 Å². The van der Waals surface area contributed by atoms with Gasteiger partial charge in [0.1, 0.15) is 10.3 Å². The summed E-state index contributed by atoms with van der Waals surface area (Å²) in [5.74, 6) is -0.0259. The largest absolute Gasteiger partial charge is 0.494 e. The number of hydrogen-bond acceptors (Lipinski definition) is 7. The van der Waals surface area contributed by atoms with E-state index in [0.717, 1.165) is 24.1 Å². The molecule has 40 heavy (non-hydrogen) atoms. The van der Waals surface area contributed by atoms with Gasteiger partial charge in [-0.25, -0.2) is 9.79 Å². The molecule has 0 unspecified atom stereocenters. The molecule has 208 valence electrons. The fourth-order valence-corrected chi connectivity index (χ4v) is 6.31. The van der Waals surface area contributed by atoms with Gasteiger partial charge in [-0.1, -0.05) is 55.0 Å². The van der Waals surface area contributed by atoms with E-state index in [1.54, 1.807) is 25.7 Å². The van der Waals surface area contributed by atoms with E-state index in [0.29, 0.717) is 50.6 Å². The standard InChI is InChI=1S/C31H33N3O5S/c1-6-8-17-33-23-12-10-9-11-22(23)25(28(33)35)27-29(36)34-26(20-13-15-21(16-14-20)38-7-2)24(30(37)39-18(3)4)19(5)32-31(34)40-27/h9-16,18,26H,6-8,17H2,1-5H3/b27-25-/t26-/m0/s1. The Morgan fingerprint density at radius 3 is 2.48 bits per heavy atom. The molecule has 2 aliphatic heterocycles. The van der Waals surface area contributed by atoms with Crippen molar-refractivity contribution in [2.24, 2.45) is 4.99 Å². The molecule has 0 bridgehead atoms. The Morgan fingerprint density at radius 2 is 1.80 bits per heavy atom. The van der Waals surface area contributed by atoms with Crippen LogP contribution < -0.4 is 24.5 Å². The topological polar surface area (TPSA) is 90.2 Å². The molecular weight excluding hydrogens is 526 g/mol. The quantitative estimate of drug-likeness (QED) is 0.388. The number of benzene rings is 2. The highest BCUT2D eigenvalue weighted by molar-refractivity contribution is 7.07. The molecule has 0 fully saturated rings. The van der Waals surface area contributed by atoms with Gasteiger partial charge in [-0.05, 0) is 57.9 Å². The Morgan fingerprint density at radius 1 is 1.07 bits per heavy atom. The van der Waals surface area contributed by atoms with Gasteiger partial charge in [0.15, 0.2) is 4.80 Å². The predicted molar refractivity (Wildman–Crippen MR) is 155 cm³/mol. The summed E-state index contributed by atoms with van der Waals surface area (Å²) >= 11 is 1.18. The van der Waals surface area contributed by atoms with Crippen molar-refractivity contribution >= 4 is 34.5 Å². The van der Waals surface area contributed by atoms with Gasteiger partial charge in [0, 0.05) is 12.1 Å². The first kappa shape index (κ1) is 27.6. The van der Waals surface area contributed by atoms with Crippen molar-refractivity contribution < 1.29 is 19.1 Å². The number of carbonyl (C=O) groups excluding carboxylic acids is 2. The molecule has 2 aliphatic rings. The van der Waals surface area contributed by atoms with Crippen LogP contribution in [-0.4, -0.2) is 35.7 Å². The zero-order valence-electron chi connectivity index (χ0n) is 23.4. The summed E-state index contributed by atoms with van der Waals surface area (Å²) in [7, 11) is 0. The fraction of sp³-hybridized carbons (Fsp3) is 0.355. The predicted octanol–water partition coefficient (Wildman–Crippen LogP) is 4.10. The van der Waals surface area contributed by atoms with E-state index in [2.05, 4.69) is 11.9 Å². The number of rotatable bonds is 8. The number of ether oxygens (including phenoxy) is 2. The summed E-state index contributed by atoms with van der Waals surface area (Å²) in [6.45, 7) is 10.4. The molecule has 8 nitrogen and oxygen atoms in total.